The summed E-state index contributed by atoms with van der Waals surface area (Å²) >= 11 is 1.02. The second-order valence-corrected chi connectivity index (χ2v) is 7.25. The molecule has 0 bridgehead atoms. The Kier molecular flexibility index (Phi) is 5.34. The highest BCUT2D eigenvalue weighted by Gasteiger charge is 2.24. The number of carbonyl (C=O) groups is 2. The summed E-state index contributed by atoms with van der Waals surface area (Å²) in [5.74, 6) is -1.64. The van der Waals surface area contributed by atoms with E-state index in [1.54, 1.807) is 13.8 Å². The molecule has 0 aliphatic rings. The van der Waals surface area contributed by atoms with Gasteiger partial charge in [0, 0.05) is 16.8 Å². The van der Waals surface area contributed by atoms with E-state index < -0.39 is 23.3 Å². The first-order valence-corrected chi connectivity index (χ1v) is 10.00. The number of halogens is 1. The lowest BCUT2D eigenvalue weighted by Crippen LogP contribution is -2.26. The van der Waals surface area contributed by atoms with Crippen molar-refractivity contribution in [3.05, 3.63) is 69.0 Å². The molecule has 4 aromatic rings. The number of benzene rings is 1. The van der Waals surface area contributed by atoms with Crippen LogP contribution in [0.1, 0.15) is 33.7 Å². The van der Waals surface area contributed by atoms with E-state index in [2.05, 4.69) is 15.6 Å². The zero-order chi connectivity index (χ0) is 22.1. The van der Waals surface area contributed by atoms with Gasteiger partial charge in [0.25, 0.3) is 11.5 Å². The number of ether oxygens (including phenoxy) is 1. The highest BCUT2D eigenvalue weighted by molar-refractivity contribution is 7.16. The summed E-state index contributed by atoms with van der Waals surface area (Å²) in [5, 5.41) is 12.2. The number of aryl methyl sites for hydroxylation is 1. The molecule has 11 heteroatoms. The minimum absolute atomic E-state index is 0.000118. The molecular weight excluding hydrogens is 427 g/mol. The molecule has 3 heterocycles. The number of esters is 1. The van der Waals surface area contributed by atoms with Gasteiger partial charge in [0.2, 0.25) is 0 Å². The maximum Gasteiger partial charge on any atom is 0.359 e. The summed E-state index contributed by atoms with van der Waals surface area (Å²) in [6.07, 6.45) is 0. The van der Waals surface area contributed by atoms with Crippen molar-refractivity contribution in [2.45, 2.75) is 13.8 Å². The first-order valence-electron chi connectivity index (χ1n) is 9.12. The zero-order valence-electron chi connectivity index (χ0n) is 16.3. The maximum absolute atomic E-state index is 14.4. The molecule has 1 N–H and O–H groups in total. The highest BCUT2D eigenvalue weighted by atomic mass is 32.1. The van der Waals surface area contributed by atoms with Gasteiger partial charge in [-0.2, -0.15) is 9.78 Å². The van der Waals surface area contributed by atoms with E-state index in [-0.39, 0.29) is 39.5 Å². The van der Waals surface area contributed by atoms with Crippen molar-refractivity contribution in [3.8, 4) is 5.69 Å². The average Bonchev–Trinajstić information content (AvgIpc) is 3.36. The Morgan fingerprint density at radius 2 is 2.10 bits per heavy atom. The van der Waals surface area contributed by atoms with E-state index in [0.29, 0.717) is 5.76 Å². The van der Waals surface area contributed by atoms with Crippen molar-refractivity contribution >= 4 is 39.0 Å². The van der Waals surface area contributed by atoms with Gasteiger partial charge in [0.05, 0.1) is 12.0 Å². The third kappa shape index (κ3) is 3.70. The van der Waals surface area contributed by atoms with E-state index in [4.69, 9.17) is 9.26 Å². The lowest BCUT2D eigenvalue weighted by molar-refractivity contribution is 0.0519. The van der Waals surface area contributed by atoms with Crippen LogP contribution in [-0.2, 0) is 4.74 Å². The van der Waals surface area contributed by atoms with Crippen molar-refractivity contribution in [3.63, 3.8) is 0 Å². The van der Waals surface area contributed by atoms with Crippen molar-refractivity contribution in [1.29, 1.82) is 0 Å². The van der Waals surface area contributed by atoms with E-state index in [9.17, 15) is 18.8 Å². The summed E-state index contributed by atoms with van der Waals surface area (Å²) in [6, 6.07) is 6.96. The largest absolute Gasteiger partial charge is 0.461 e. The molecular formula is C20H15FN4O5S. The second-order valence-electron chi connectivity index (χ2n) is 6.37. The van der Waals surface area contributed by atoms with Crippen molar-refractivity contribution in [2.75, 3.05) is 11.9 Å². The molecule has 0 atom stereocenters. The number of nitrogens with one attached hydrogen (secondary N) is 1. The van der Waals surface area contributed by atoms with Crippen LogP contribution in [0.2, 0.25) is 0 Å². The quantitative estimate of drug-likeness (QED) is 0.471. The van der Waals surface area contributed by atoms with Crippen molar-refractivity contribution < 1.29 is 23.2 Å². The molecule has 0 saturated carbocycles. The maximum atomic E-state index is 14.4. The molecule has 3 aromatic heterocycles. The SMILES string of the molecule is CCOC(=O)c1nn(-c2ccccc2F)c(=O)c2c(NC(=O)c3cc(C)on3)scc12. The highest BCUT2D eigenvalue weighted by Crippen LogP contribution is 2.31. The summed E-state index contributed by atoms with van der Waals surface area (Å²) in [7, 11) is 0. The molecule has 158 valence electrons. The number of thiophene rings is 1. The van der Waals surface area contributed by atoms with Crippen LogP contribution in [0.5, 0.6) is 0 Å². The number of nitrogens with zero attached hydrogens (tertiary/aromatic N) is 3. The Bertz CT molecular complexity index is 1370. The summed E-state index contributed by atoms with van der Waals surface area (Å²) in [6.45, 7) is 3.34. The number of carbonyl (C=O) groups excluding carboxylic acids is 2. The van der Waals surface area contributed by atoms with Crippen molar-refractivity contribution in [1.82, 2.24) is 14.9 Å². The Morgan fingerprint density at radius 1 is 1.32 bits per heavy atom. The lowest BCUT2D eigenvalue weighted by Gasteiger charge is -2.10. The molecule has 4 rings (SSSR count). The number of anilines is 1. The van der Waals surface area contributed by atoms with Crippen LogP contribution in [0.3, 0.4) is 0 Å². The van der Waals surface area contributed by atoms with E-state index in [0.717, 1.165) is 16.0 Å². The van der Waals surface area contributed by atoms with Crippen LogP contribution in [0, 0.1) is 12.7 Å². The Hall–Kier alpha value is -3.86. The summed E-state index contributed by atoms with van der Waals surface area (Å²) < 4.78 is 25.1. The summed E-state index contributed by atoms with van der Waals surface area (Å²) in [5.41, 5.74) is -1.00. The predicted molar refractivity (Wildman–Crippen MR) is 110 cm³/mol. The van der Waals surface area contributed by atoms with Crippen LogP contribution < -0.4 is 10.9 Å². The number of fused-ring (bicyclic) bond motifs is 1. The number of amides is 1. The van der Waals surface area contributed by atoms with Gasteiger partial charge >= 0.3 is 5.97 Å². The standard InChI is InChI=1S/C20H15FN4O5S/c1-3-29-20(28)16-11-9-31-18(22-17(26)13-8-10(2)30-24-13)15(11)19(27)25(23-16)14-7-5-4-6-12(14)21/h4-9H,3H2,1-2H3,(H,22,26). The van der Waals surface area contributed by atoms with Crippen LogP contribution in [0.15, 0.2) is 45.0 Å². The molecule has 0 fully saturated rings. The molecule has 1 amide bonds. The fourth-order valence-corrected chi connectivity index (χ4v) is 3.85. The van der Waals surface area contributed by atoms with Crippen LogP contribution in [-0.4, -0.2) is 33.4 Å². The van der Waals surface area contributed by atoms with Gasteiger partial charge in [-0.25, -0.2) is 9.18 Å². The first kappa shape index (κ1) is 20.4. The summed E-state index contributed by atoms with van der Waals surface area (Å²) in [4.78, 5) is 38.2. The van der Waals surface area contributed by atoms with Gasteiger partial charge in [-0.15, -0.1) is 11.3 Å². The fourth-order valence-electron chi connectivity index (χ4n) is 2.92. The number of aromatic nitrogens is 3. The topological polar surface area (TPSA) is 116 Å². The molecule has 0 radical (unpaired) electrons. The molecule has 0 aliphatic carbocycles. The van der Waals surface area contributed by atoms with Gasteiger partial charge in [0.15, 0.2) is 11.4 Å². The first-order chi connectivity index (χ1) is 14.9. The second kappa shape index (κ2) is 8.11. The van der Waals surface area contributed by atoms with Gasteiger partial charge in [-0.3, -0.25) is 9.59 Å². The van der Waals surface area contributed by atoms with Crippen LogP contribution >= 0.6 is 11.3 Å². The van der Waals surface area contributed by atoms with Crippen LogP contribution in [0.25, 0.3) is 16.5 Å². The number of hydrogen-bond acceptors (Lipinski definition) is 8. The lowest BCUT2D eigenvalue weighted by atomic mass is 10.2. The minimum Gasteiger partial charge on any atom is -0.461 e. The normalized spacial score (nSPS) is 10.9. The Balaban J connectivity index is 1.91. The molecule has 31 heavy (non-hydrogen) atoms. The Morgan fingerprint density at radius 3 is 2.77 bits per heavy atom. The van der Waals surface area contributed by atoms with Gasteiger partial charge in [-0.05, 0) is 26.0 Å². The molecule has 0 aliphatic heterocycles. The smallest absolute Gasteiger partial charge is 0.359 e. The average molecular weight is 442 g/mol. The molecule has 9 nitrogen and oxygen atoms in total. The third-order valence-corrected chi connectivity index (χ3v) is 5.18. The number of rotatable bonds is 5. The van der Waals surface area contributed by atoms with Crippen molar-refractivity contribution in [2.24, 2.45) is 0 Å². The van der Waals surface area contributed by atoms with Gasteiger partial charge in [0.1, 0.15) is 22.3 Å². The van der Waals surface area contributed by atoms with Crippen LogP contribution in [0.4, 0.5) is 9.39 Å². The molecule has 1 aromatic carbocycles. The number of para-hydroxylation sites is 1. The molecule has 0 saturated heterocycles. The molecule has 0 spiro atoms. The number of hydrogen-bond donors (Lipinski definition) is 1. The monoisotopic (exact) mass is 442 g/mol. The molecule has 0 unspecified atom stereocenters. The predicted octanol–water partition coefficient (Wildman–Crippen LogP) is 3.31. The minimum atomic E-state index is -0.777. The van der Waals surface area contributed by atoms with Gasteiger partial charge in [-0.1, -0.05) is 17.3 Å². The van der Waals surface area contributed by atoms with Gasteiger partial charge < -0.3 is 14.6 Å². The van der Waals surface area contributed by atoms with E-state index in [1.165, 1.54) is 35.7 Å². The third-order valence-electron chi connectivity index (χ3n) is 4.29. The zero-order valence-corrected chi connectivity index (χ0v) is 17.2. The van der Waals surface area contributed by atoms with E-state index >= 15 is 0 Å². The van der Waals surface area contributed by atoms with E-state index in [1.807, 2.05) is 0 Å². The fraction of sp³-hybridized carbons (Fsp3) is 0.150. The Labute approximate surface area is 178 Å².